The second-order valence-corrected chi connectivity index (χ2v) is 7.96. The van der Waals surface area contributed by atoms with Crippen LogP contribution in [0.4, 0.5) is 5.69 Å². The molecule has 0 saturated carbocycles. The van der Waals surface area contributed by atoms with Crippen LogP contribution in [-0.4, -0.2) is 58.4 Å². The largest absolute Gasteiger partial charge is 0.480 e. The molecule has 1 aromatic carbocycles. The van der Waals surface area contributed by atoms with E-state index in [1.54, 1.807) is 0 Å². The highest BCUT2D eigenvalue weighted by molar-refractivity contribution is 8.00. The van der Waals surface area contributed by atoms with E-state index in [1.165, 1.54) is 31.2 Å². The number of nitrogens with zero attached hydrogens (tertiary/aromatic N) is 1. The van der Waals surface area contributed by atoms with E-state index < -0.39 is 41.0 Å². The molecule has 1 heterocycles. The Morgan fingerprint density at radius 1 is 1.27 bits per heavy atom. The van der Waals surface area contributed by atoms with Gasteiger partial charge in [0, 0.05) is 19.1 Å². The molecule has 2 unspecified atom stereocenters. The Morgan fingerprint density at radius 2 is 1.93 bits per heavy atom. The number of thioether (sulfide) groups is 1. The zero-order valence-corrected chi connectivity index (χ0v) is 17.6. The molecule has 1 saturated heterocycles. The SMILES string of the molecule is CCCCOC(=O)c1ccc(N2C(=O)CC(SCC(NC(C)=O)C(=O)O)C2=O)cc1. The van der Waals surface area contributed by atoms with Gasteiger partial charge in [-0.15, -0.1) is 11.8 Å². The van der Waals surface area contributed by atoms with Crippen LogP contribution in [-0.2, 0) is 23.9 Å². The Kier molecular flexibility index (Phi) is 8.40. The van der Waals surface area contributed by atoms with Gasteiger partial charge >= 0.3 is 11.9 Å². The van der Waals surface area contributed by atoms with Gasteiger partial charge in [-0.05, 0) is 30.7 Å². The van der Waals surface area contributed by atoms with Gasteiger partial charge < -0.3 is 15.2 Å². The molecule has 30 heavy (non-hydrogen) atoms. The van der Waals surface area contributed by atoms with E-state index in [1.807, 2.05) is 6.92 Å². The van der Waals surface area contributed by atoms with Gasteiger partial charge in [0.05, 0.1) is 23.1 Å². The molecule has 10 heteroatoms. The van der Waals surface area contributed by atoms with Crippen LogP contribution in [0.25, 0.3) is 0 Å². The number of hydrogen-bond acceptors (Lipinski definition) is 7. The van der Waals surface area contributed by atoms with E-state index in [0.717, 1.165) is 29.5 Å². The van der Waals surface area contributed by atoms with Gasteiger partial charge in [-0.3, -0.25) is 14.4 Å². The van der Waals surface area contributed by atoms with Crippen LogP contribution in [0.1, 0.15) is 43.5 Å². The molecule has 2 N–H and O–H groups in total. The third kappa shape index (κ3) is 6.06. The van der Waals surface area contributed by atoms with Crippen LogP contribution in [0.2, 0.25) is 0 Å². The maximum atomic E-state index is 12.7. The van der Waals surface area contributed by atoms with Gasteiger partial charge in [-0.2, -0.15) is 0 Å². The highest BCUT2D eigenvalue weighted by atomic mass is 32.2. The van der Waals surface area contributed by atoms with Gasteiger partial charge in [0.1, 0.15) is 6.04 Å². The Bertz CT molecular complexity index is 825. The van der Waals surface area contributed by atoms with Crippen molar-refractivity contribution < 1.29 is 33.8 Å². The maximum absolute atomic E-state index is 12.7. The number of unbranched alkanes of at least 4 members (excludes halogenated alkanes) is 1. The van der Waals surface area contributed by atoms with Crippen molar-refractivity contribution in [3.8, 4) is 0 Å². The summed E-state index contributed by atoms with van der Waals surface area (Å²) in [4.78, 5) is 60.3. The topological polar surface area (TPSA) is 130 Å². The van der Waals surface area contributed by atoms with Crippen molar-refractivity contribution in [3.05, 3.63) is 29.8 Å². The lowest BCUT2D eigenvalue weighted by atomic mass is 10.2. The molecule has 162 valence electrons. The van der Waals surface area contributed by atoms with E-state index in [0.29, 0.717) is 17.9 Å². The van der Waals surface area contributed by atoms with E-state index in [9.17, 15) is 24.0 Å². The molecule has 0 aromatic heterocycles. The number of carboxylic acids is 1. The number of anilines is 1. The van der Waals surface area contributed by atoms with Crippen molar-refractivity contribution >= 4 is 47.1 Å². The molecule has 0 bridgehead atoms. The van der Waals surface area contributed by atoms with Crippen LogP contribution in [0.5, 0.6) is 0 Å². The normalized spacial score (nSPS) is 17.0. The van der Waals surface area contributed by atoms with Crippen molar-refractivity contribution in [2.45, 2.75) is 44.4 Å². The lowest BCUT2D eigenvalue weighted by Crippen LogP contribution is -2.42. The smallest absolute Gasteiger partial charge is 0.338 e. The molecule has 0 spiro atoms. The summed E-state index contributed by atoms with van der Waals surface area (Å²) in [5.74, 6) is -3.10. The van der Waals surface area contributed by atoms with E-state index >= 15 is 0 Å². The fraction of sp³-hybridized carbons (Fsp3) is 0.450. The number of hydrogen-bond donors (Lipinski definition) is 2. The van der Waals surface area contributed by atoms with Crippen LogP contribution in [0.15, 0.2) is 24.3 Å². The third-order valence-corrected chi connectivity index (χ3v) is 5.63. The Morgan fingerprint density at radius 3 is 2.50 bits per heavy atom. The van der Waals surface area contributed by atoms with E-state index in [2.05, 4.69) is 5.32 Å². The summed E-state index contributed by atoms with van der Waals surface area (Å²) < 4.78 is 5.13. The van der Waals surface area contributed by atoms with E-state index in [-0.39, 0.29) is 12.2 Å². The Balaban J connectivity index is 2.01. The molecule has 9 nitrogen and oxygen atoms in total. The zero-order valence-electron chi connectivity index (χ0n) is 16.8. The zero-order chi connectivity index (χ0) is 22.3. The van der Waals surface area contributed by atoms with Gasteiger partial charge in [-0.1, -0.05) is 13.3 Å². The minimum atomic E-state index is -1.22. The van der Waals surface area contributed by atoms with Crippen molar-refractivity contribution in [2.24, 2.45) is 0 Å². The van der Waals surface area contributed by atoms with Crippen molar-refractivity contribution in [1.82, 2.24) is 5.32 Å². The van der Waals surface area contributed by atoms with Crippen molar-refractivity contribution in [3.63, 3.8) is 0 Å². The Hall–Kier alpha value is -2.88. The summed E-state index contributed by atoms with van der Waals surface area (Å²) >= 11 is 1.01. The van der Waals surface area contributed by atoms with Gasteiger partial charge in [-0.25, -0.2) is 14.5 Å². The Labute approximate surface area is 178 Å². The summed E-state index contributed by atoms with van der Waals surface area (Å²) in [6.07, 6.45) is 1.60. The number of carbonyl (C=O) groups excluding carboxylic acids is 4. The van der Waals surface area contributed by atoms with Gasteiger partial charge in [0.15, 0.2) is 0 Å². The molecule has 1 fully saturated rings. The fourth-order valence-corrected chi connectivity index (χ4v) is 3.94. The number of ether oxygens (including phenoxy) is 1. The number of carbonyl (C=O) groups is 5. The fourth-order valence-electron chi connectivity index (χ4n) is 2.78. The van der Waals surface area contributed by atoms with Crippen LogP contribution in [0, 0.1) is 0 Å². The van der Waals surface area contributed by atoms with Gasteiger partial charge in [0.25, 0.3) is 0 Å². The monoisotopic (exact) mass is 436 g/mol. The number of aliphatic carboxylic acids is 1. The summed E-state index contributed by atoms with van der Waals surface area (Å²) in [5, 5.41) is 10.7. The van der Waals surface area contributed by atoms with Crippen LogP contribution < -0.4 is 10.2 Å². The first kappa shape index (κ1) is 23.4. The molecule has 0 radical (unpaired) electrons. The van der Waals surface area contributed by atoms with Crippen LogP contribution >= 0.6 is 11.8 Å². The van der Waals surface area contributed by atoms with E-state index in [4.69, 9.17) is 9.84 Å². The van der Waals surface area contributed by atoms with Gasteiger partial charge in [0.2, 0.25) is 17.7 Å². The molecule has 2 rings (SSSR count). The number of amides is 3. The molecule has 0 aliphatic carbocycles. The highest BCUT2D eigenvalue weighted by Gasteiger charge is 2.40. The lowest BCUT2D eigenvalue weighted by molar-refractivity contribution is -0.140. The summed E-state index contributed by atoms with van der Waals surface area (Å²) in [6, 6.07) is 4.82. The number of imide groups is 1. The van der Waals surface area contributed by atoms with Crippen molar-refractivity contribution in [2.75, 3.05) is 17.3 Å². The molecule has 1 aromatic rings. The molecule has 1 aliphatic heterocycles. The summed E-state index contributed by atoms with van der Waals surface area (Å²) in [5.41, 5.74) is 0.648. The summed E-state index contributed by atoms with van der Waals surface area (Å²) in [6.45, 7) is 3.52. The average Bonchev–Trinajstić information content (AvgIpc) is 2.98. The minimum Gasteiger partial charge on any atom is -0.480 e. The first-order valence-electron chi connectivity index (χ1n) is 9.50. The number of rotatable bonds is 10. The average molecular weight is 436 g/mol. The molecule has 3 amide bonds. The summed E-state index contributed by atoms with van der Waals surface area (Å²) in [7, 11) is 0. The standard InChI is InChI=1S/C20H24N2O7S/c1-3-4-9-29-20(28)13-5-7-14(8-6-13)22-17(24)10-16(18(22)25)30-11-15(19(26)27)21-12(2)23/h5-8,15-16H,3-4,9-11H2,1-2H3,(H,21,23)(H,26,27). The molecular formula is C20H24N2O7S. The molecule has 1 aliphatic rings. The molecule has 2 atom stereocenters. The lowest BCUT2D eigenvalue weighted by Gasteiger charge is -2.17. The predicted molar refractivity (Wildman–Crippen MR) is 110 cm³/mol. The second-order valence-electron chi connectivity index (χ2n) is 6.72. The number of carboxylic acid groups (broad SMARTS) is 1. The second kappa shape index (κ2) is 10.8. The highest BCUT2D eigenvalue weighted by Crippen LogP contribution is 2.30. The third-order valence-electron chi connectivity index (χ3n) is 4.34. The molecular weight excluding hydrogens is 412 g/mol. The van der Waals surface area contributed by atoms with Crippen molar-refractivity contribution in [1.29, 1.82) is 0 Å². The maximum Gasteiger partial charge on any atom is 0.338 e. The number of nitrogens with one attached hydrogen (secondary N) is 1. The predicted octanol–water partition coefficient (Wildman–Crippen LogP) is 1.60. The minimum absolute atomic E-state index is 0.0466. The van der Waals surface area contributed by atoms with Crippen LogP contribution in [0.3, 0.4) is 0 Å². The first-order valence-corrected chi connectivity index (χ1v) is 10.5. The number of benzene rings is 1. The number of esters is 1. The first-order chi connectivity index (χ1) is 14.2. The quantitative estimate of drug-likeness (QED) is 0.321.